The van der Waals surface area contributed by atoms with Crippen LogP contribution in [0.25, 0.3) is 4.91 Å². The van der Waals surface area contributed by atoms with Gasteiger partial charge in [0.2, 0.25) is 0 Å². The molecule has 0 bridgehead atoms. The van der Waals surface area contributed by atoms with E-state index in [0.717, 1.165) is 16.0 Å². The number of benzene rings is 2. The Kier molecular flexibility index (Phi) is 3.38. The Labute approximate surface area is 116 Å². The van der Waals surface area contributed by atoms with Gasteiger partial charge in [-0.25, -0.2) is 0 Å². The van der Waals surface area contributed by atoms with Gasteiger partial charge in [0.25, 0.3) is 5.24 Å². The molecule has 1 amide bonds. The van der Waals surface area contributed by atoms with E-state index in [2.05, 4.69) is 11.4 Å². The molecule has 1 aliphatic heterocycles. The highest BCUT2D eigenvalue weighted by atomic mass is 32.2. The van der Waals surface area contributed by atoms with Gasteiger partial charge < -0.3 is 5.32 Å². The van der Waals surface area contributed by atoms with Crippen LogP contribution in [-0.4, -0.2) is 5.24 Å². The van der Waals surface area contributed by atoms with E-state index in [4.69, 9.17) is 0 Å². The molecule has 3 rings (SSSR count). The van der Waals surface area contributed by atoms with Gasteiger partial charge in [0.1, 0.15) is 0 Å². The van der Waals surface area contributed by atoms with Crippen LogP contribution in [0.3, 0.4) is 0 Å². The van der Waals surface area contributed by atoms with Crippen molar-refractivity contribution in [3.63, 3.8) is 0 Å². The molecule has 0 fully saturated rings. The van der Waals surface area contributed by atoms with Crippen LogP contribution in [0.4, 0.5) is 4.79 Å². The molecular weight excluding hydrogens is 254 g/mol. The van der Waals surface area contributed by atoms with E-state index in [1.807, 2.05) is 60.7 Å². The lowest BCUT2D eigenvalue weighted by atomic mass is 10.1. The van der Waals surface area contributed by atoms with Crippen LogP contribution < -0.4 is 5.32 Å². The quantitative estimate of drug-likeness (QED) is 0.882. The predicted molar refractivity (Wildman–Crippen MR) is 79.7 cm³/mol. The third-order valence-corrected chi connectivity index (χ3v) is 3.91. The molecule has 0 radical (unpaired) electrons. The van der Waals surface area contributed by atoms with Crippen molar-refractivity contribution in [2.24, 2.45) is 0 Å². The third-order valence-electron chi connectivity index (χ3n) is 3.01. The van der Waals surface area contributed by atoms with Crippen LogP contribution in [0.2, 0.25) is 0 Å². The average molecular weight is 267 g/mol. The normalized spacial score (nSPS) is 18.6. The Morgan fingerprint density at radius 1 is 0.895 bits per heavy atom. The minimum atomic E-state index is -0.0508. The first-order valence-electron chi connectivity index (χ1n) is 6.13. The lowest BCUT2D eigenvalue weighted by Crippen LogP contribution is -2.26. The topological polar surface area (TPSA) is 29.1 Å². The summed E-state index contributed by atoms with van der Waals surface area (Å²) in [4.78, 5) is 12.9. The number of hydrogen-bond acceptors (Lipinski definition) is 2. The molecule has 2 nitrogen and oxygen atoms in total. The van der Waals surface area contributed by atoms with Crippen molar-refractivity contribution in [2.75, 3.05) is 0 Å². The molecule has 0 saturated carbocycles. The molecule has 0 saturated heterocycles. The second kappa shape index (κ2) is 5.33. The highest BCUT2D eigenvalue weighted by Gasteiger charge is 2.21. The van der Waals surface area contributed by atoms with E-state index >= 15 is 0 Å². The van der Waals surface area contributed by atoms with Gasteiger partial charge in [-0.2, -0.15) is 0 Å². The van der Waals surface area contributed by atoms with Crippen molar-refractivity contribution >= 4 is 21.9 Å². The Morgan fingerprint density at radius 2 is 1.53 bits per heavy atom. The molecular formula is C16H13NOS. The molecule has 1 N–H and O–H groups in total. The summed E-state index contributed by atoms with van der Waals surface area (Å²) in [6.07, 6.45) is 2.11. The molecule has 1 unspecified atom stereocenters. The summed E-state index contributed by atoms with van der Waals surface area (Å²) >= 11 is 1.25. The van der Waals surface area contributed by atoms with Gasteiger partial charge in [0, 0.05) is 4.91 Å². The maximum atomic E-state index is 11.8. The number of carbonyl (C=O) groups excluding carboxylic acids is 1. The largest absolute Gasteiger partial charge is 0.336 e. The molecule has 1 heterocycles. The molecule has 0 aromatic heterocycles. The standard InChI is InChI=1S/C16H13NOS/c18-16-17-14(12-7-3-1-4-8-12)11-15(19-16)13-9-5-2-6-10-13/h1-11,14H,(H,17,18). The zero-order valence-electron chi connectivity index (χ0n) is 10.2. The van der Waals surface area contributed by atoms with E-state index in [9.17, 15) is 4.79 Å². The monoisotopic (exact) mass is 267 g/mol. The van der Waals surface area contributed by atoms with Gasteiger partial charge in [-0.15, -0.1) is 0 Å². The van der Waals surface area contributed by atoms with Gasteiger partial charge in [0.15, 0.2) is 0 Å². The Hall–Kier alpha value is -2.00. The van der Waals surface area contributed by atoms with Crippen LogP contribution >= 0.6 is 11.8 Å². The first-order valence-corrected chi connectivity index (χ1v) is 6.95. The minimum Gasteiger partial charge on any atom is -0.336 e. The lowest BCUT2D eigenvalue weighted by molar-refractivity contribution is 0.259. The number of hydrogen-bond donors (Lipinski definition) is 1. The van der Waals surface area contributed by atoms with Gasteiger partial charge >= 0.3 is 0 Å². The number of thioether (sulfide) groups is 1. The van der Waals surface area contributed by atoms with Crippen molar-refractivity contribution in [2.45, 2.75) is 6.04 Å². The van der Waals surface area contributed by atoms with Crippen LogP contribution in [0.1, 0.15) is 17.2 Å². The Bertz CT molecular complexity index is 607. The van der Waals surface area contributed by atoms with Crippen molar-refractivity contribution in [3.8, 4) is 0 Å². The molecule has 1 aliphatic rings. The maximum absolute atomic E-state index is 11.8. The fourth-order valence-electron chi connectivity index (χ4n) is 2.08. The summed E-state index contributed by atoms with van der Waals surface area (Å²) in [6, 6.07) is 20.0. The predicted octanol–water partition coefficient (Wildman–Crippen LogP) is 4.23. The molecule has 0 spiro atoms. The summed E-state index contributed by atoms with van der Waals surface area (Å²) < 4.78 is 0. The highest BCUT2D eigenvalue weighted by Crippen LogP contribution is 2.35. The van der Waals surface area contributed by atoms with E-state index in [1.165, 1.54) is 11.8 Å². The second-order valence-electron chi connectivity index (χ2n) is 4.32. The summed E-state index contributed by atoms with van der Waals surface area (Å²) in [5, 5.41) is 2.98. The van der Waals surface area contributed by atoms with Crippen molar-refractivity contribution < 1.29 is 4.79 Å². The van der Waals surface area contributed by atoms with E-state index in [-0.39, 0.29) is 11.3 Å². The molecule has 94 valence electrons. The molecule has 1 atom stereocenters. The van der Waals surface area contributed by atoms with Crippen LogP contribution in [0.15, 0.2) is 66.7 Å². The molecule has 3 heteroatoms. The molecule has 19 heavy (non-hydrogen) atoms. The van der Waals surface area contributed by atoms with Crippen molar-refractivity contribution in [1.29, 1.82) is 0 Å². The summed E-state index contributed by atoms with van der Waals surface area (Å²) in [5.41, 5.74) is 2.19. The van der Waals surface area contributed by atoms with Gasteiger partial charge in [-0.3, -0.25) is 4.79 Å². The van der Waals surface area contributed by atoms with Gasteiger partial charge in [-0.05, 0) is 29.0 Å². The van der Waals surface area contributed by atoms with Crippen LogP contribution in [-0.2, 0) is 0 Å². The van der Waals surface area contributed by atoms with Crippen molar-refractivity contribution in [1.82, 2.24) is 5.32 Å². The van der Waals surface area contributed by atoms with E-state index in [1.54, 1.807) is 0 Å². The SMILES string of the molecule is O=C1NC(c2ccccc2)C=C(c2ccccc2)S1. The third kappa shape index (κ3) is 2.71. The van der Waals surface area contributed by atoms with Gasteiger partial charge in [0.05, 0.1) is 6.04 Å². The summed E-state index contributed by atoms with van der Waals surface area (Å²) in [7, 11) is 0. The summed E-state index contributed by atoms with van der Waals surface area (Å²) in [6.45, 7) is 0. The Balaban J connectivity index is 1.97. The molecule has 2 aromatic carbocycles. The maximum Gasteiger partial charge on any atom is 0.284 e. The second-order valence-corrected chi connectivity index (χ2v) is 5.33. The average Bonchev–Trinajstić information content (AvgIpc) is 2.48. The van der Waals surface area contributed by atoms with Gasteiger partial charge in [-0.1, -0.05) is 60.7 Å². The summed E-state index contributed by atoms with van der Waals surface area (Å²) in [5.74, 6) is 0. The minimum absolute atomic E-state index is 0.00444. The number of rotatable bonds is 2. The highest BCUT2D eigenvalue weighted by molar-refractivity contribution is 8.21. The Morgan fingerprint density at radius 3 is 2.21 bits per heavy atom. The molecule has 2 aromatic rings. The first kappa shape index (κ1) is 12.1. The molecule has 0 aliphatic carbocycles. The zero-order chi connectivity index (χ0) is 13.1. The van der Waals surface area contributed by atoms with Crippen LogP contribution in [0, 0.1) is 0 Å². The van der Waals surface area contributed by atoms with Crippen LogP contribution in [0.5, 0.6) is 0 Å². The lowest BCUT2D eigenvalue weighted by Gasteiger charge is -2.22. The van der Waals surface area contributed by atoms with Crippen molar-refractivity contribution in [3.05, 3.63) is 77.9 Å². The van der Waals surface area contributed by atoms with E-state index < -0.39 is 0 Å². The first-order chi connectivity index (χ1) is 9.33. The fourth-order valence-corrected chi connectivity index (χ4v) is 2.92. The number of carbonyl (C=O) groups is 1. The smallest absolute Gasteiger partial charge is 0.284 e. The zero-order valence-corrected chi connectivity index (χ0v) is 11.1. The van der Waals surface area contributed by atoms with E-state index in [0.29, 0.717) is 0 Å². The number of amides is 1. The fraction of sp³-hybridized carbons (Fsp3) is 0.0625. The number of nitrogens with one attached hydrogen (secondary N) is 1.